The average Bonchev–Trinajstić information content (AvgIpc) is 3.26. The van der Waals surface area contributed by atoms with Crippen LogP contribution in [0.3, 0.4) is 0 Å². The van der Waals surface area contributed by atoms with Crippen LogP contribution in [-0.4, -0.2) is 33.3 Å². The molecule has 0 aliphatic carbocycles. The Morgan fingerprint density at radius 2 is 1.86 bits per heavy atom. The van der Waals surface area contributed by atoms with Gasteiger partial charge in [-0.2, -0.15) is 18.3 Å². The molecule has 186 valence electrons. The first-order valence-electron chi connectivity index (χ1n) is 11.2. The number of benzene rings is 2. The highest BCUT2D eigenvalue weighted by Gasteiger charge is 2.38. The van der Waals surface area contributed by atoms with Gasteiger partial charge in [0.15, 0.2) is 11.3 Å². The van der Waals surface area contributed by atoms with Gasteiger partial charge in [-0.15, -0.1) is 0 Å². The molecule has 0 fully saturated rings. The second kappa shape index (κ2) is 8.54. The van der Waals surface area contributed by atoms with E-state index in [0.717, 1.165) is 12.3 Å². The van der Waals surface area contributed by atoms with Gasteiger partial charge in [-0.3, -0.25) is 0 Å². The summed E-state index contributed by atoms with van der Waals surface area (Å²) in [5.74, 6) is 0.0924. The number of para-hydroxylation sites is 2. The van der Waals surface area contributed by atoms with Gasteiger partial charge in [0.25, 0.3) is 0 Å². The summed E-state index contributed by atoms with van der Waals surface area (Å²) in [6.45, 7) is 3.74. The molecule has 0 unspecified atom stereocenters. The van der Waals surface area contributed by atoms with E-state index in [-0.39, 0.29) is 16.9 Å². The highest BCUT2D eigenvalue weighted by atomic mass is 19.4. The molecule has 2 aromatic carbocycles. The molecule has 36 heavy (non-hydrogen) atoms. The molecule has 0 amide bonds. The van der Waals surface area contributed by atoms with E-state index in [0.29, 0.717) is 33.6 Å². The Balaban J connectivity index is 1.60. The molecule has 1 aliphatic rings. The van der Waals surface area contributed by atoms with Gasteiger partial charge in [-0.1, -0.05) is 30.3 Å². The van der Waals surface area contributed by atoms with E-state index in [2.05, 4.69) is 10.1 Å². The van der Waals surface area contributed by atoms with E-state index in [1.54, 1.807) is 42.5 Å². The largest absolute Gasteiger partial charge is 0.496 e. The molecule has 2 aromatic heterocycles. The first-order chi connectivity index (χ1) is 17.1. The van der Waals surface area contributed by atoms with E-state index in [1.807, 2.05) is 19.9 Å². The SMILES string of the molecule is COc1ccccc1-c1cc(C(F)(F)F)n2ncc(C(=O)O[C@H]3CC(C)(C)Oc4ccccc43)c2n1. The normalized spacial score (nSPS) is 16.8. The van der Waals surface area contributed by atoms with Crippen LogP contribution in [0.4, 0.5) is 13.2 Å². The summed E-state index contributed by atoms with van der Waals surface area (Å²) in [7, 11) is 1.41. The number of rotatable bonds is 4. The molecule has 3 heterocycles. The second-order valence-corrected chi connectivity index (χ2v) is 9.02. The lowest BCUT2D eigenvalue weighted by Crippen LogP contribution is -2.36. The predicted octanol–water partition coefficient (Wildman–Crippen LogP) is 5.88. The van der Waals surface area contributed by atoms with Crippen molar-refractivity contribution in [2.24, 2.45) is 0 Å². The van der Waals surface area contributed by atoms with E-state index in [9.17, 15) is 18.0 Å². The highest BCUT2D eigenvalue weighted by Crippen LogP contribution is 2.42. The Labute approximate surface area is 204 Å². The van der Waals surface area contributed by atoms with Crippen molar-refractivity contribution in [3.05, 3.63) is 77.6 Å². The number of fused-ring (bicyclic) bond motifs is 2. The smallest absolute Gasteiger partial charge is 0.433 e. The molecular weight excluding hydrogens is 475 g/mol. The maximum absolute atomic E-state index is 14.0. The number of alkyl halides is 3. The van der Waals surface area contributed by atoms with Crippen molar-refractivity contribution >= 4 is 11.6 Å². The van der Waals surface area contributed by atoms with Crippen molar-refractivity contribution in [1.82, 2.24) is 14.6 Å². The molecule has 0 N–H and O–H groups in total. The summed E-state index contributed by atoms with van der Waals surface area (Å²) in [4.78, 5) is 17.6. The zero-order valence-corrected chi connectivity index (χ0v) is 19.7. The van der Waals surface area contributed by atoms with Crippen LogP contribution >= 0.6 is 0 Å². The molecule has 10 heteroatoms. The van der Waals surface area contributed by atoms with Gasteiger partial charge in [0, 0.05) is 17.5 Å². The standard InChI is InChI=1S/C26H22F3N3O4/c1-25(2)13-21(16-9-5-7-11-20(16)36-25)35-24(33)17-14-30-32-22(26(27,28)29)12-18(31-23(17)32)15-8-4-6-10-19(15)34-3/h4-12,14,21H,13H2,1-3H3/t21-/m0/s1. The maximum atomic E-state index is 14.0. The van der Waals surface area contributed by atoms with Gasteiger partial charge in [0.05, 0.1) is 19.0 Å². The highest BCUT2D eigenvalue weighted by molar-refractivity contribution is 5.96. The molecule has 4 aromatic rings. The van der Waals surface area contributed by atoms with Crippen LogP contribution in [0.2, 0.25) is 0 Å². The number of esters is 1. The monoisotopic (exact) mass is 497 g/mol. The first-order valence-corrected chi connectivity index (χ1v) is 11.2. The summed E-state index contributed by atoms with van der Waals surface area (Å²) in [5, 5.41) is 3.83. The average molecular weight is 497 g/mol. The van der Waals surface area contributed by atoms with Gasteiger partial charge in [-0.25, -0.2) is 14.3 Å². The van der Waals surface area contributed by atoms with Crippen molar-refractivity contribution < 1.29 is 32.2 Å². The van der Waals surface area contributed by atoms with Crippen LogP contribution in [-0.2, 0) is 10.9 Å². The fraction of sp³-hybridized carbons (Fsp3) is 0.269. The minimum Gasteiger partial charge on any atom is -0.496 e. The number of methoxy groups -OCH3 is 1. The Morgan fingerprint density at radius 3 is 2.61 bits per heavy atom. The van der Waals surface area contributed by atoms with Crippen molar-refractivity contribution in [3.63, 3.8) is 0 Å². The van der Waals surface area contributed by atoms with Crippen LogP contribution in [0.15, 0.2) is 60.8 Å². The van der Waals surface area contributed by atoms with Gasteiger partial charge in [0.1, 0.15) is 28.8 Å². The molecule has 7 nitrogen and oxygen atoms in total. The van der Waals surface area contributed by atoms with Crippen molar-refractivity contribution in [2.75, 3.05) is 7.11 Å². The molecular formula is C26H22F3N3O4. The van der Waals surface area contributed by atoms with Crippen molar-refractivity contribution in [3.8, 4) is 22.8 Å². The van der Waals surface area contributed by atoms with E-state index < -0.39 is 29.5 Å². The third-order valence-corrected chi connectivity index (χ3v) is 5.94. The van der Waals surface area contributed by atoms with E-state index in [4.69, 9.17) is 14.2 Å². The fourth-order valence-electron chi connectivity index (χ4n) is 4.34. The summed E-state index contributed by atoms with van der Waals surface area (Å²) < 4.78 is 59.6. The second-order valence-electron chi connectivity index (χ2n) is 9.02. The third kappa shape index (κ3) is 4.23. The molecule has 0 spiro atoms. The molecule has 0 saturated carbocycles. The van der Waals surface area contributed by atoms with Crippen LogP contribution < -0.4 is 9.47 Å². The van der Waals surface area contributed by atoms with Crippen LogP contribution in [0.1, 0.15) is 48.0 Å². The number of ether oxygens (including phenoxy) is 3. The lowest BCUT2D eigenvalue weighted by molar-refractivity contribution is -0.142. The maximum Gasteiger partial charge on any atom is 0.433 e. The van der Waals surface area contributed by atoms with Crippen LogP contribution in [0.25, 0.3) is 16.9 Å². The van der Waals surface area contributed by atoms with Crippen LogP contribution in [0, 0.1) is 0 Å². The number of carbonyl (C=O) groups excluding carboxylic acids is 1. The zero-order chi connectivity index (χ0) is 25.7. The first kappa shape index (κ1) is 23.7. The van der Waals surface area contributed by atoms with E-state index in [1.165, 1.54) is 7.11 Å². The number of hydrogen-bond donors (Lipinski definition) is 0. The zero-order valence-electron chi connectivity index (χ0n) is 19.7. The van der Waals surface area contributed by atoms with Crippen molar-refractivity contribution in [2.45, 2.75) is 38.1 Å². The fourth-order valence-corrected chi connectivity index (χ4v) is 4.34. The van der Waals surface area contributed by atoms with Gasteiger partial charge in [0.2, 0.25) is 0 Å². The third-order valence-electron chi connectivity index (χ3n) is 5.94. The van der Waals surface area contributed by atoms with Crippen LogP contribution in [0.5, 0.6) is 11.5 Å². The molecule has 0 bridgehead atoms. The summed E-state index contributed by atoms with van der Waals surface area (Å²) in [6, 6.07) is 14.6. The number of aromatic nitrogens is 3. The Hall–Kier alpha value is -4.08. The Morgan fingerprint density at radius 1 is 1.14 bits per heavy atom. The molecule has 1 atom stereocenters. The predicted molar refractivity (Wildman–Crippen MR) is 124 cm³/mol. The number of carbonyl (C=O) groups is 1. The minimum atomic E-state index is -4.76. The lowest BCUT2D eigenvalue weighted by atomic mass is 9.91. The van der Waals surface area contributed by atoms with Gasteiger partial charge >= 0.3 is 12.1 Å². The quantitative estimate of drug-likeness (QED) is 0.328. The van der Waals surface area contributed by atoms with Gasteiger partial charge in [-0.05, 0) is 38.1 Å². The molecule has 0 saturated heterocycles. The summed E-state index contributed by atoms with van der Waals surface area (Å²) in [6.07, 6.45) is -4.01. The lowest BCUT2D eigenvalue weighted by Gasteiger charge is -2.37. The Bertz CT molecular complexity index is 1460. The minimum absolute atomic E-state index is 0.0145. The topological polar surface area (TPSA) is 75.0 Å². The Kier molecular flexibility index (Phi) is 5.61. The number of hydrogen-bond acceptors (Lipinski definition) is 6. The molecule has 5 rings (SSSR count). The number of halogens is 3. The number of nitrogens with zero attached hydrogens (tertiary/aromatic N) is 3. The van der Waals surface area contributed by atoms with Crippen molar-refractivity contribution in [1.29, 1.82) is 0 Å². The van der Waals surface area contributed by atoms with E-state index >= 15 is 0 Å². The summed E-state index contributed by atoms with van der Waals surface area (Å²) >= 11 is 0. The van der Waals surface area contributed by atoms with Gasteiger partial charge < -0.3 is 14.2 Å². The molecule has 0 radical (unpaired) electrons. The summed E-state index contributed by atoms with van der Waals surface area (Å²) in [5.41, 5.74) is -1.13. The molecule has 1 aliphatic heterocycles.